The van der Waals surface area contributed by atoms with E-state index in [1.165, 1.54) is 113 Å². The predicted octanol–water partition coefficient (Wildman–Crippen LogP) is 16.1. The van der Waals surface area contributed by atoms with Crippen molar-refractivity contribution < 1.29 is 0 Å². The van der Waals surface area contributed by atoms with E-state index < -0.39 is 0 Å². The number of benzene rings is 7. The van der Waals surface area contributed by atoms with Crippen LogP contribution in [0.5, 0.6) is 0 Å². The van der Waals surface area contributed by atoms with Crippen molar-refractivity contribution in [3.63, 3.8) is 0 Å². The Bertz CT molecular complexity index is 2150. The van der Waals surface area contributed by atoms with Gasteiger partial charge < -0.3 is 0 Å². The Morgan fingerprint density at radius 3 is 1.13 bits per heavy atom. The topological polar surface area (TPSA) is 0 Å². The Morgan fingerprint density at radius 2 is 0.741 bits per heavy atom. The van der Waals surface area contributed by atoms with Gasteiger partial charge in [-0.25, -0.2) is 0 Å². The molecule has 0 bridgehead atoms. The van der Waals surface area contributed by atoms with E-state index in [1.54, 1.807) is 0 Å². The highest BCUT2D eigenvalue weighted by Gasteiger charge is 2.17. The Morgan fingerprint density at radius 1 is 0.370 bits per heavy atom. The van der Waals surface area contributed by atoms with Gasteiger partial charge in [0.05, 0.1) is 0 Å². The molecule has 0 N–H and O–H groups in total. The molecule has 0 aliphatic carbocycles. The molecule has 7 aromatic carbocycles. The van der Waals surface area contributed by atoms with E-state index in [0.29, 0.717) is 0 Å². The maximum absolute atomic E-state index is 2.39. The quantitative estimate of drug-likeness (QED) is 0.0550. The van der Waals surface area contributed by atoms with Crippen LogP contribution in [0.4, 0.5) is 0 Å². The van der Waals surface area contributed by atoms with Crippen molar-refractivity contribution in [3.8, 4) is 0 Å². The van der Waals surface area contributed by atoms with Crippen LogP contribution in [-0.4, -0.2) is 0 Å². The van der Waals surface area contributed by atoms with Gasteiger partial charge in [-0.2, -0.15) is 0 Å². The molecule has 270 valence electrons. The molecule has 2 heteroatoms. The second kappa shape index (κ2) is 19.0. The van der Waals surface area contributed by atoms with Crippen LogP contribution < -0.4 is 0 Å². The summed E-state index contributed by atoms with van der Waals surface area (Å²) in [5.74, 6) is 0. The van der Waals surface area contributed by atoms with Crippen LogP contribution >= 0.6 is 23.5 Å². The molecule has 0 nitrogen and oxygen atoms in total. The van der Waals surface area contributed by atoms with E-state index in [4.69, 9.17) is 0 Å². The number of fused-ring (bicyclic) bond motifs is 2. The van der Waals surface area contributed by atoms with E-state index in [-0.39, 0.29) is 0 Å². The standard InChI is InChI=1S/C52H50S2/c1-3-5-9-15-39-21-25-41(26-22-39)29-31-43-33-35-47-49(37-43)51(53-45-17-11-7-12-18-45)48-36-34-44(38-50(48)52(47)54-46-19-13-8-14-20-46)32-30-42-27-23-40(24-28-42)16-10-6-4-2/h7-8,11-14,17-38H,3-6,9-10,15-16H2,1-2H3/b31-29+,32-30+. The monoisotopic (exact) mass is 738 g/mol. The summed E-state index contributed by atoms with van der Waals surface area (Å²) in [5.41, 5.74) is 7.72. The first-order valence-corrected chi connectivity index (χ1v) is 21.3. The molecule has 0 saturated carbocycles. The fourth-order valence-corrected chi connectivity index (χ4v) is 9.15. The lowest BCUT2D eigenvalue weighted by atomic mass is 9.98. The molecule has 0 aliphatic heterocycles. The minimum Gasteiger partial charge on any atom is -0.0888 e. The molecule has 0 heterocycles. The molecular weight excluding hydrogens is 689 g/mol. The summed E-state index contributed by atoms with van der Waals surface area (Å²) >= 11 is 3.73. The highest BCUT2D eigenvalue weighted by molar-refractivity contribution is 8.00. The molecular formula is C52H50S2. The highest BCUT2D eigenvalue weighted by Crippen LogP contribution is 2.47. The molecule has 0 spiro atoms. The van der Waals surface area contributed by atoms with Crippen molar-refractivity contribution in [3.05, 3.63) is 179 Å². The summed E-state index contributed by atoms with van der Waals surface area (Å²) in [5, 5.41) is 5.13. The average Bonchev–Trinajstić information content (AvgIpc) is 3.22. The van der Waals surface area contributed by atoms with Crippen LogP contribution in [-0.2, 0) is 12.8 Å². The first-order valence-electron chi connectivity index (χ1n) is 19.7. The molecule has 0 unspecified atom stereocenters. The normalized spacial score (nSPS) is 11.7. The summed E-state index contributed by atoms with van der Waals surface area (Å²) in [6, 6.07) is 53.8. The smallest absolute Gasteiger partial charge is 0.0280 e. The second-order valence-corrected chi connectivity index (χ2v) is 16.3. The van der Waals surface area contributed by atoms with Gasteiger partial charge in [-0.15, -0.1) is 0 Å². The zero-order valence-corrected chi connectivity index (χ0v) is 33.3. The summed E-state index contributed by atoms with van der Waals surface area (Å²) in [7, 11) is 0. The molecule has 0 aliphatic rings. The first-order chi connectivity index (χ1) is 26.7. The fraction of sp³-hybridized carbons (Fsp3) is 0.192. The molecule has 0 aromatic heterocycles. The van der Waals surface area contributed by atoms with Crippen LogP contribution in [0.25, 0.3) is 45.8 Å². The van der Waals surface area contributed by atoms with Gasteiger partial charge in [-0.1, -0.05) is 197 Å². The second-order valence-electron chi connectivity index (χ2n) is 14.2. The molecule has 0 fully saturated rings. The van der Waals surface area contributed by atoms with Gasteiger partial charge in [-0.3, -0.25) is 0 Å². The van der Waals surface area contributed by atoms with Crippen molar-refractivity contribution >= 4 is 69.4 Å². The fourth-order valence-electron chi connectivity index (χ4n) is 6.96. The van der Waals surface area contributed by atoms with E-state index in [1.807, 2.05) is 23.5 Å². The number of hydrogen-bond donors (Lipinski definition) is 0. The zero-order valence-electron chi connectivity index (χ0n) is 31.6. The van der Waals surface area contributed by atoms with Crippen molar-refractivity contribution in [1.82, 2.24) is 0 Å². The summed E-state index contributed by atoms with van der Waals surface area (Å²) in [6.07, 6.45) is 19.0. The molecule has 0 atom stereocenters. The van der Waals surface area contributed by atoms with E-state index in [2.05, 4.69) is 184 Å². The van der Waals surface area contributed by atoms with Crippen LogP contribution in [0, 0.1) is 0 Å². The van der Waals surface area contributed by atoms with Crippen LogP contribution in [0.15, 0.2) is 165 Å². The number of rotatable bonds is 16. The zero-order chi connectivity index (χ0) is 37.0. The van der Waals surface area contributed by atoms with Gasteiger partial charge >= 0.3 is 0 Å². The SMILES string of the molecule is CCCCCc1ccc(/C=C/c2ccc3c(Sc4ccccc4)c4cc(/C=C/c5ccc(CCCCC)cc5)ccc4c(Sc4ccccc4)c3c2)cc1. The van der Waals surface area contributed by atoms with Gasteiger partial charge in [0, 0.05) is 19.6 Å². The number of unbranched alkanes of at least 4 members (excludes halogenated alkanes) is 4. The average molecular weight is 739 g/mol. The molecule has 7 rings (SSSR count). The molecule has 7 aromatic rings. The third kappa shape index (κ3) is 9.85. The lowest BCUT2D eigenvalue weighted by Gasteiger charge is -2.18. The van der Waals surface area contributed by atoms with Crippen LogP contribution in [0.2, 0.25) is 0 Å². The van der Waals surface area contributed by atoms with E-state index >= 15 is 0 Å². The molecule has 0 saturated heterocycles. The van der Waals surface area contributed by atoms with Crippen LogP contribution in [0.1, 0.15) is 85.8 Å². The van der Waals surface area contributed by atoms with Crippen molar-refractivity contribution in [2.24, 2.45) is 0 Å². The molecule has 54 heavy (non-hydrogen) atoms. The Labute approximate surface area is 331 Å². The predicted molar refractivity (Wildman–Crippen MR) is 240 cm³/mol. The Hall–Kier alpha value is -4.76. The highest BCUT2D eigenvalue weighted by atomic mass is 32.2. The van der Waals surface area contributed by atoms with Crippen molar-refractivity contribution in [2.75, 3.05) is 0 Å². The first kappa shape index (κ1) is 37.6. The Balaban J connectivity index is 1.29. The third-order valence-electron chi connectivity index (χ3n) is 10.0. The minimum atomic E-state index is 1.16. The summed E-state index contributed by atoms with van der Waals surface area (Å²) in [4.78, 5) is 5.07. The van der Waals surface area contributed by atoms with Gasteiger partial charge in [0.1, 0.15) is 0 Å². The summed E-state index contributed by atoms with van der Waals surface area (Å²) < 4.78 is 0. The third-order valence-corrected chi connectivity index (χ3v) is 12.3. The lowest BCUT2D eigenvalue weighted by molar-refractivity contribution is 0.717. The van der Waals surface area contributed by atoms with Crippen molar-refractivity contribution in [2.45, 2.75) is 84.8 Å². The summed E-state index contributed by atoms with van der Waals surface area (Å²) in [6.45, 7) is 4.53. The molecule has 0 amide bonds. The largest absolute Gasteiger partial charge is 0.0888 e. The van der Waals surface area contributed by atoms with Gasteiger partial charge in [0.25, 0.3) is 0 Å². The van der Waals surface area contributed by atoms with Crippen LogP contribution in [0.3, 0.4) is 0 Å². The van der Waals surface area contributed by atoms with Gasteiger partial charge in [0.2, 0.25) is 0 Å². The minimum absolute atomic E-state index is 1.16. The maximum Gasteiger partial charge on any atom is 0.0280 e. The van der Waals surface area contributed by atoms with E-state index in [9.17, 15) is 0 Å². The number of hydrogen-bond acceptors (Lipinski definition) is 2. The molecule has 0 radical (unpaired) electrons. The maximum atomic E-state index is 2.39. The number of aryl methyl sites for hydroxylation is 2. The van der Waals surface area contributed by atoms with Gasteiger partial charge in [0.15, 0.2) is 0 Å². The lowest BCUT2D eigenvalue weighted by Crippen LogP contribution is -1.90. The van der Waals surface area contributed by atoms with Gasteiger partial charge in [-0.05, 0) is 117 Å². The Kier molecular flexibility index (Phi) is 13.2. The van der Waals surface area contributed by atoms with Crippen molar-refractivity contribution in [1.29, 1.82) is 0 Å². The van der Waals surface area contributed by atoms with E-state index in [0.717, 1.165) is 12.8 Å².